The maximum atomic E-state index is 13.1. The molecule has 2 fully saturated rings. The fourth-order valence-electron chi connectivity index (χ4n) is 4.12. The summed E-state index contributed by atoms with van der Waals surface area (Å²) >= 11 is 0. The van der Waals surface area contributed by atoms with E-state index in [-0.39, 0.29) is 23.3 Å². The molecule has 2 heterocycles. The summed E-state index contributed by atoms with van der Waals surface area (Å²) in [6.07, 6.45) is 2.21. The van der Waals surface area contributed by atoms with Crippen molar-refractivity contribution in [1.29, 1.82) is 0 Å². The van der Waals surface area contributed by atoms with Crippen molar-refractivity contribution in [1.82, 2.24) is 19.4 Å². The van der Waals surface area contributed by atoms with Gasteiger partial charge in [0.25, 0.3) is 0 Å². The highest BCUT2D eigenvalue weighted by Crippen LogP contribution is 2.24. The predicted molar refractivity (Wildman–Crippen MR) is 114 cm³/mol. The molecule has 3 rings (SSSR count). The Morgan fingerprint density at radius 1 is 1.10 bits per heavy atom. The molecule has 30 heavy (non-hydrogen) atoms. The van der Waals surface area contributed by atoms with Gasteiger partial charge in [-0.1, -0.05) is 6.92 Å². The Labute approximate surface area is 179 Å². The van der Waals surface area contributed by atoms with Gasteiger partial charge >= 0.3 is 0 Å². The number of benzene rings is 1. The number of piperidine rings is 1. The molecule has 1 atom stereocenters. The van der Waals surface area contributed by atoms with Gasteiger partial charge < -0.3 is 15.1 Å². The fraction of sp³-hybridized carbons (Fsp3) is 0.667. The Bertz CT molecular complexity index is 795. The molecule has 0 saturated carbocycles. The third kappa shape index (κ3) is 6.00. The number of sulfonamides is 1. The van der Waals surface area contributed by atoms with Gasteiger partial charge in [-0.15, -0.1) is 0 Å². The molecule has 2 aliphatic heterocycles. The lowest BCUT2D eigenvalue weighted by molar-refractivity contribution is -0.126. The van der Waals surface area contributed by atoms with Gasteiger partial charge in [0.1, 0.15) is 5.82 Å². The number of amides is 1. The highest BCUT2D eigenvalue weighted by Gasteiger charge is 2.33. The van der Waals surface area contributed by atoms with Crippen LogP contribution in [0.1, 0.15) is 26.2 Å². The second-order valence-electron chi connectivity index (χ2n) is 8.08. The molecule has 0 aliphatic carbocycles. The van der Waals surface area contributed by atoms with Crippen molar-refractivity contribution in [3.63, 3.8) is 0 Å². The molecule has 1 unspecified atom stereocenters. The first-order chi connectivity index (χ1) is 14.4. The summed E-state index contributed by atoms with van der Waals surface area (Å²) in [7, 11) is -3.72. The van der Waals surface area contributed by atoms with E-state index in [0.29, 0.717) is 25.9 Å². The van der Waals surface area contributed by atoms with Gasteiger partial charge in [-0.2, -0.15) is 4.31 Å². The summed E-state index contributed by atoms with van der Waals surface area (Å²) in [6, 6.07) is 4.83. The number of hydrogen-bond donors (Lipinski definition) is 1. The monoisotopic (exact) mass is 440 g/mol. The smallest absolute Gasteiger partial charge is 0.243 e. The van der Waals surface area contributed by atoms with Crippen molar-refractivity contribution in [3.8, 4) is 0 Å². The predicted octanol–water partition coefficient (Wildman–Crippen LogP) is 1.37. The number of carbonyl (C=O) groups is 1. The van der Waals surface area contributed by atoms with E-state index in [1.807, 2.05) is 0 Å². The van der Waals surface area contributed by atoms with Crippen LogP contribution in [0.2, 0.25) is 0 Å². The average molecular weight is 441 g/mol. The van der Waals surface area contributed by atoms with Crippen molar-refractivity contribution < 1.29 is 17.6 Å². The van der Waals surface area contributed by atoms with Crippen molar-refractivity contribution >= 4 is 15.9 Å². The van der Waals surface area contributed by atoms with Crippen LogP contribution in [0.15, 0.2) is 29.2 Å². The Morgan fingerprint density at radius 3 is 2.43 bits per heavy atom. The minimum Gasteiger partial charge on any atom is -0.356 e. The first-order valence-corrected chi connectivity index (χ1v) is 12.3. The van der Waals surface area contributed by atoms with E-state index in [4.69, 9.17) is 0 Å². The quantitative estimate of drug-likeness (QED) is 0.618. The molecule has 0 aromatic heterocycles. The lowest BCUT2D eigenvalue weighted by atomic mass is 9.99. The molecule has 7 nitrogen and oxygen atoms in total. The summed E-state index contributed by atoms with van der Waals surface area (Å²) in [4.78, 5) is 17.5. The first-order valence-electron chi connectivity index (χ1n) is 10.9. The van der Waals surface area contributed by atoms with E-state index < -0.39 is 15.8 Å². The van der Waals surface area contributed by atoms with Crippen molar-refractivity contribution in [3.05, 3.63) is 30.1 Å². The van der Waals surface area contributed by atoms with Crippen LogP contribution < -0.4 is 5.32 Å². The molecule has 1 N–H and O–H groups in total. The van der Waals surface area contributed by atoms with Crippen LogP contribution in [0.4, 0.5) is 4.39 Å². The highest BCUT2D eigenvalue weighted by molar-refractivity contribution is 7.89. The van der Waals surface area contributed by atoms with Crippen molar-refractivity contribution in [2.24, 2.45) is 5.92 Å². The van der Waals surface area contributed by atoms with Gasteiger partial charge in [0.15, 0.2) is 0 Å². The van der Waals surface area contributed by atoms with E-state index in [1.54, 1.807) is 0 Å². The largest absolute Gasteiger partial charge is 0.356 e. The maximum Gasteiger partial charge on any atom is 0.243 e. The Hall–Kier alpha value is -1.55. The standard InChI is InChI=1S/C21H33FN4O3S/c1-2-24-13-15-25(16-14-24)11-4-10-23-21(27)18-5-3-12-26(17-18)30(28,29)20-8-6-19(22)7-9-20/h6-9,18H,2-5,10-17H2,1H3,(H,23,27). The van der Waals surface area contributed by atoms with Crippen LogP contribution in [0.25, 0.3) is 0 Å². The average Bonchev–Trinajstić information content (AvgIpc) is 2.77. The van der Waals surface area contributed by atoms with Crippen LogP contribution in [0.3, 0.4) is 0 Å². The van der Waals surface area contributed by atoms with Gasteiger partial charge in [0, 0.05) is 45.8 Å². The summed E-state index contributed by atoms with van der Waals surface area (Å²) in [6.45, 7) is 9.74. The molecule has 1 amide bonds. The number of nitrogens with one attached hydrogen (secondary N) is 1. The molecule has 168 valence electrons. The lowest BCUT2D eigenvalue weighted by Crippen LogP contribution is -2.47. The van der Waals surface area contributed by atoms with Gasteiger partial charge in [0.2, 0.25) is 15.9 Å². The number of piperazine rings is 1. The number of nitrogens with zero attached hydrogens (tertiary/aromatic N) is 3. The van der Waals surface area contributed by atoms with E-state index >= 15 is 0 Å². The molecule has 0 spiro atoms. The number of hydrogen-bond acceptors (Lipinski definition) is 5. The van der Waals surface area contributed by atoms with Crippen molar-refractivity contribution in [2.75, 3.05) is 58.9 Å². The lowest BCUT2D eigenvalue weighted by Gasteiger charge is -2.34. The highest BCUT2D eigenvalue weighted by atomic mass is 32.2. The Kier molecular flexibility index (Phi) is 8.21. The van der Waals surface area contributed by atoms with Crippen LogP contribution in [-0.4, -0.2) is 87.3 Å². The Morgan fingerprint density at radius 2 is 1.77 bits per heavy atom. The molecule has 1 aromatic rings. The van der Waals surface area contributed by atoms with Crippen molar-refractivity contribution in [2.45, 2.75) is 31.1 Å². The minimum absolute atomic E-state index is 0.0631. The van der Waals surface area contributed by atoms with E-state index in [2.05, 4.69) is 22.0 Å². The SMILES string of the molecule is CCN1CCN(CCCNC(=O)C2CCCN(S(=O)(=O)c3ccc(F)cc3)C2)CC1. The molecule has 0 radical (unpaired) electrons. The molecule has 2 aliphatic rings. The van der Waals surface area contributed by atoms with E-state index in [1.165, 1.54) is 16.4 Å². The number of halogens is 1. The third-order valence-corrected chi connectivity index (χ3v) is 7.95. The van der Waals surface area contributed by atoms with E-state index in [9.17, 15) is 17.6 Å². The van der Waals surface area contributed by atoms with Gasteiger partial charge in [-0.25, -0.2) is 12.8 Å². The maximum absolute atomic E-state index is 13.1. The van der Waals surface area contributed by atoms with Gasteiger partial charge in [-0.3, -0.25) is 4.79 Å². The molecule has 0 bridgehead atoms. The first kappa shape index (κ1) is 23.1. The van der Waals surface area contributed by atoms with Crippen LogP contribution in [0.5, 0.6) is 0 Å². The number of likely N-dealkylation sites (N-methyl/N-ethyl adjacent to an activating group) is 1. The zero-order valence-corrected chi connectivity index (χ0v) is 18.5. The topological polar surface area (TPSA) is 73.0 Å². The van der Waals surface area contributed by atoms with Crippen LogP contribution >= 0.6 is 0 Å². The summed E-state index contributed by atoms with van der Waals surface area (Å²) < 4.78 is 40.1. The molecule has 1 aromatic carbocycles. The zero-order valence-electron chi connectivity index (χ0n) is 17.7. The number of carbonyl (C=O) groups excluding carboxylic acids is 1. The van der Waals surface area contributed by atoms with Crippen LogP contribution in [0, 0.1) is 11.7 Å². The van der Waals surface area contributed by atoms with Crippen LogP contribution in [-0.2, 0) is 14.8 Å². The number of rotatable bonds is 8. The fourth-order valence-corrected chi connectivity index (χ4v) is 5.64. The third-order valence-electron chi connectivity index (χ3n) is 6.07. The molecule has 2 saturated heterocycles. The summed E-state index contributed by atoms with van der Waals surface area (Å²) in [5.74, 6) is -0.899. The molecular weight excluding hydrogens is 407 g/mol. The Balaban J connectivity index is 1.43. The summed E-state index contributed by atoms with van der Waals surface area (Å²) in [5.41, 5.74) is 0. The molecule has 9 heteroatoms. The zero-order chi connectivity index (χ0) is 21.6. The van der Waals surface area contributed by atoms with Gasteiger partial charge in [-0.05, 0) is 56.6 Å². The molecular formula is C21H33FN4O3S. The minimum atomic E-state index is -3.72. The van der Waals surface area contributed by atoms with Gasteiger partial charge in [0.05, 0.1) is 10.8 Å². The normalized spacial score (nSPS) is 22.1. The second kappa shape index (κ2) is 10.7. The second-order valence-corrected chi connectivity index (χ2v) is 10.0. The summed E-state index contributed by atoms with van der Waals surface area (Å²) in [5, 5.41) is 2.98. The van der Waals surface area contributed by atoms with E-state index in [0.717, 1.165) is 57.8 Å².